The van der Waals surface area contributed by atoms with Gasteiger partial charge in [-0.25, -0.2) is 0 Å². The highest BCUT2D eigenvalue weighted by atomic mass is 16.4. The number of carbonyl (C=O) groups is 3. The predicted molar refractivity (Wildman–Crippen MR) is 58.1 cm³/mol. The number of carboxylic acid groups (broad SMARTS) is 1. The van der Waals surface area contributed by atoms with Crippen molar-refractivity contribution in [3.8, 4) is 0 Å². The van der Waals surface area contributed by atoms with Crippen LogP contribution in [0, 0.1) is 5.41 Å². The number of hydrogen-bond acceptors (Lipinski definition) is 3. The van der Waals surface area contributed by atoms with Gasteiger partial charge in [0, 0.05) is 13.0 Å². The molecule has 17 heavy (non-hydrogen) atoms. The molecule has 94 valence electrons. The average molecular weight is 240 g/mol. The SMILES string of the molecule is O=C1CC[C@H](C(=O)NCC2(C(=O)O)CCC2)N1. The third-order valence-corrected chi connectivity index (χ3v) is 3.68. The van der Waals surface area contributed by atoms with Gasteiger partial charge in [0.1, 0.15) is 6.04 Å². The van der Waals surface area contributed by atoms with Gasteiger partial charge in [0.05, 0.1) is 5.41 Å². The third-order valence-electron chi connectivity index (χ3n) is 3.68. The van der Waals surface area contributed by atoms with Crippen LogP contribution in [0.25, 0.3) is 0 Å². The number of aliphatic carboxylic acids is 1. The fraction of sp³-hybridized carbons (Fsp3) is 0.727. The van der Waals surface area contributed by atoms with Gasteiger partial charge in [-0.15, -0.1) is 0 Å². The van der Waals surface area contributed by atoms with Crippen molar-refractivity contribution in [3.63, 3.8) is 0 Å². The van der Waals surface area contributed by atoms with Gasteiger partial charge in [-0.2, -0.15) is 0 Å². The molecule has 1 saturated carbocycles. The lowest BCUT2D eigenvalue weighted by Crippen LogP contribution is -2.51. The Kier molecular flexibility index (Phi) is 3.04. The third kappa shape index (κ3) is 2.25. The molecule has 0 radical (unpaired) electrons. The van der Waals surface area contributed by atoms with Crippen LogP contribution >= 0.6 is 0 Å². The zero-order valence-corrected chi connectivity index (χ0v) is 9.49. The van der Waals surface area contributed by atoms with Crippen LogP contribution in [0.2, 0.25) is 0 Å². The second kappa shape index (κ2) is 4.35. The molecule has 2 amide bonds. The van der Waals surface area contributed by atoms with Crippen molar-refractivity contribution in [2.24, 2.45) is 5.41 Å². The highest BCUT2D eigenvalue weighted by molar-refractivity contribution is 5.91. The summed E-state index contributed by atoms with van der Waals surface area (Å²) in [6.45, 7) is 0.160. The van der Waals surface area contributed by atoms with Crippen LogP contribution in [-0.4, -0.2) is 35.5 Å². The lowest BCUT2D eigenvalue weighted by Gasteiger charge is -2.37. The number of nitrogens with one attached hydrogen (secondary N) is 2. The van der Waals surface area contributed by atoms with Crippen LogP contribution in [0.3, 0.4) is 0 Å². The minimum atomic E-state index is -0.848. The highest BCUT2D eigenvalue weighted by Gasteiger charge is 2.44. The van der Waals surface area contributed by atoms with E-state index < -0.39 is 17.4 Å². The Balaban J connectivity index is 1.83. The molecule has 0 unspecified atom stereocenters. The van der Waals surface area contributed by atoms with E-state index in [4.69, 9.17) is 5.11 Å². The summed E-state index contributed by atoms with van der Waals surface area (Å²) in [6.07, 6.45) is 2.97. The lowest BCUT2D eigenvalue weighted by atomic mass is 9.69. The van der Waals surface area contributed by atoms with Gasteiger partial charge < -0.3 is 15.7 Å². The molecule has 2 rings (SSSR count). The first-order chi connectivity index (χ1) is 8.03. The van der Waals surface area contributed by atoms with Crippen LogP contribution in [-0.2, 0) is 14.4 Å². The summed E-state index contributed by atoms with van der Waals surface area (Å²) in [5.74, 6) is -1.25. The number of rotatable bonds is 4. The van der Waals surface area contributed by atoms with Crippen molar-refractivity contribution in [1.29, 1.82) is 0 Å². The molecule has 1 aliphatic heterocycles. The molecule has 0 spiro atoms. The van der Waals surface area contributed by atoms with Gasteiger partial charge in [0.15, 0.2) is 0 Å². The Labute approximate surface area is 98.8 Å². The molecular weight excluding hydrogens is 224 g/mol. The Morgan fingerprint density at radius 2 is 2.18 bits per heavy atom. The molecule has 1 aliphatic carbocycles. The summed E-state index contributed by atoms with van der Waals surface area (Å²) in [5.41, 5.74) is -0.779. The Bertz CT molecular complexity index is 362. The second-order valence-electron chi connectivity index (χ2n) is 4.82. The quantitative estimate of drug-likeness (QED) is 0.625. The van der Waals surface area contributed by atoms with Crippen molar-refractivity contribution in [1.82, 2.24) is 10.6 Å². The molecular formula is C11H16N2O4. The smallest absolute Gasteiger partial charge is 0.311 e. The lowest BCUT2D eigenvalue weighted by molar-refractivity contribution is -0.154. The molecule has 2 aliphatic rings. The molecule has 0 aromatic rings. The molecule has 2 fully saturated rings. The van der Waals surface area contributed by atoms with Crippen molar-refractivity contribution in [3.05, 3.63) is 0 Å². The predicted octanol–water partition coefficient (Wildman–Crippen LogP) is -0.364. The maximum Gasteiger partial charge on any atom is 0.311 e. The van der Waals surface area contributed by atoms with Crippen molar-refractivity contribution in [2.45, 2.75) is 38.1 Å². The van der Waals surface area contributed by atoms with E-state index in [1.807, 2.05) is 0 Å². The highest BCUT2D eigenvalue weighted by Crippen LogP contribution is 2.40. The number of carbonyl (C=O) groups excluding carboxylic acids is 2. The van der Waals surface area contributed by atoms with Crippen LogP contribution in [0.1, 0.15) is 32.1 Å². The molecule has 0 bridgehead atoms. The van der Waals surface area contributed by atoms with E-state index in [1.54, 1.807) is 0 Å². The van der Waals surface area contributed by atoms with Crippen LogP contribution in [0.4, 0.5) is 0 Å². The van der Waals surface area contributed by atoms with Crippen LogP contribution in [0.15, 0.2) is 0 Å². The van der Waals surface area contributed by atoms with E-state index in [2.05, 4.69) is 10.6 Å². The molecule has 1 atom stereocenters. The fourth-order valence-electron chi connectivity index (χ4n) is 2.26. The molecule has 6 heteroatoms. The minimum absolute atomic E-state index is 0.123. The van der Waals surface area contributed by atoms with Gasteiger partial charge in [0.25, 0.3) is 0 Å². The van der Waals surface area contributed by atoms with E-state index in [0.29, 0.717) is 25.7 Å². The van der Waals surface area contributed by atoms with E-state index in [1.165, 1.54) is 0 Å². The van der Waals surface area contributed by atoms with Crippen molar-refractivity contribution >= 4 is 17.8 Å². The first-order valence-corrected chi connectivity index (χ1v) is 5.84. The standard InChI is InChI=1S/C11H16N2O4/c14-8-3-2-7(13-8)9(15)12-6-11(10(16)17)4-1-5-11/h7H,1-6H2,(H,12,15)(H,13,14)(H,16,17)/t7-/m1/s1. The Hall–Kier alpha value is -1.59. The zero-order chi connectivity index (χ0) is 12.5. The molecule has 3 N–H and O–H groups in total. The maximum absolute atomic E-state index is 11.7. The van der Waals surface area contributed by atoms with Gasteiger partial charge in [0.2, 0.25) is 11.8 Å². The number of carboxylic acids is 1. The van der Waals surface area contributed by atoms with Crippen LogP contribution < -0.4 is 10.6 Å². The summed E-state index contributed by atoms with van der Waals surface area (Å²) >= 11 is 0. The second-order valence-corrected chi connectivity index (χ2v) is 4.82. The normalized spacial score (nSPS) is 25.9. The van der Waals surface area contributed by atoms with E-state index in [0.717, 1.165) is 6.42 Å². The monoisotopic (exact) mass is 240 g/mol. The molecule has 0 aromatic heterocycles. The average Bonchev–Trinajstić information content (AvgIpc) is 2.62. The zero-order valence-electron chi connectivity index (χ0n) is 9.49. The summed E-state index contributed by atoms with van der Waals surface area (Å²) in [5, 5.41) is 14.3. The van der Waals surface area contributed by atoms with Crippen molar-refractivity contribution < 1.29 is 19.5 Å². The molecule has 1 saturated heterocycles. The van der Waals surface area contributed by atoms with Gasteiger partial charge in [-0.3, -0.25) is 14.4 Å². The van der Waals surface area contributed by atoms with E-state index >= 15 is 0 Å². The number of hydrogen-bond donors (Lipinski definition) is 3. The van der Waals surface area contributed by atoms with Gasteiger partial charge in [-0.05, 0) is 19.3 Å². The topological polar surface area (TPSA) is 95.5 Å². The Morgan fingerprint density at radius 3 is 2.59 bits per heavy atom. The summed E-state index contributed by atoms with van der Waals surface area (Å²) in [4.78, 5) is 33.7. The molecule has 6 nitrogen and oxygen atoms in total. The van der Waals surface area contributed by atoms with Crippen LogP contribution in [0.5, 0.6) is 0 Å². The largest absolute Gasteiger partial charge is 0.481 e. The van der Waals surface area contributed by atoms with Crippen molar-refractivity contribution in [2.75, 3.05) is 6.54 Å². The van der Waals surface area contributed by atoms with Gasteiger partial charge in [-0.1, -0.05) is 6.42 Å². The maximum atomic E-state index is 11.7. The van der Waals surface area contributed by atoms with E-state index in [9.17, 15) is 14.4 Å². The number of amides is 2. The Morgan fingerprint density at radius 1 is 1.47 bits per heavy atom. The van der Waals surface area contributed by atoms with Gasteiger partial charge >= 0.3 is 5.97 Å². The minimum Gasteiger partial charge on any atom is -0.481 e. The summed E-state index contributed by atoms with van der Waals surface area (Å²) in [7, 11) is 0. The fourth-order valence-corrected chi connectivity index (χ4v) is 2.26. The molecule has 1 heterocycles. The first-order valence-electron chi connectivity index (χ1n) is 5.84. The summed E-state index contributed by atoms with van der Waals surface area (Å²) < 4.78 is 0. The molecule has 0 aromatic carbocycles. The summed E-state index contributed by atoms with van der Waals surface area (Å²) in [6, 6.07) is -0.492. The first kappa shape index (κ1) is 11.9. The van der Waals surface area contributed by atoms with E-state index in [-0.39, 0.29) is 18.4 Å².